The average molecular weight is 255 g/mol. The molecule has 0 spiro atoms. The molecule has 3 nitrogen and oxygen atoms in total. The highest BCUT2D eigenvalue weighted by Gasteiger charge is 2.12. The van der Waals surface area contributed by atoms with Crippen LogP contribution in [0.1, 0.15) is 29.6 Å². The van der Waals surface area contributed by atoms with Crippen LogP contribution in [-0.4, -0.2) is 24.5 Å². The number of phenols is 1. The van der Waals surface area contributed by atoms with E-state index in [1.165, 1.54) is 24.9 Å². The Labute approximate surface area is 112 Å². The molecule has 3 heteroatoms. The highest BCUT2D eigenvalue weighted by Crippen LogP contribution is 2.30. The molecule has 2 aromatic rings. The fourth-order valence-electron chi connectivity index (χ4n) is 2.80. The molecule has 0 radical (unpaired) electrons. The molecule has 1 aliphatic heterocycles. The fraction of sp³-hybridized carbons (Fsp3) is 0.312. The van der Waals surface area contributed by atoms with Crippen molar-refractivity contribution in [3.63, 3.8) is 0 Å². The lowest BCUT2D eigenvalue weighted by atomic mass is 10.0. The summed E-state index contributed by atoms with van der Waals surface area (Å²) in [6, 6.07) is 9.53. The molecule has 0 unspecified atom stereocenters. The molecule has 0 bridgehead atoms. The van der Waals surface area contributed by atoms with Gasteiger partial charge in [0.1, 0.15) is 5.75 Å². The molecule has 1 heterocycles. The van der Waals surface area contributed by atoms with E-state index in [2.05, 4.69) is 11.0 Å². The van der Waals surface area contributed by atoms with E-state index in [0.29, 0.717) is 5.56 Å². The van der Waals surface area contributed by atoms with Crippen LogP contribution in [0.5, 0.6) is 5.75 Å². The van der Waals surface area contributed by atoms with Crippen LogP contribution in [0.15, 0.2) is 30.3 Å². The van der Waals surface area contributed by atoms with Crippen molar-refractivity contribution >= 4 is 22.7 Å². The second kappa shape index (κ2) is 4.92. The summed E-state index contributed by atoms with van der Waals surface area (Å²) < 4.78 is 0. The van der Waals surface area contributed by atoms with Gasteiger partial charge in [0.25, 0.3) is 0 Å². The van der Waals surface area contributed by atoms with Crippen LogP contribution in [0.25, 0.3) is 10.8 Å². The van der Waals surface area contributed by atoms with Crippen LogP contribution in [0, 0.1) is 0 Å². The Bertz CT molecular complexity index is 615. The van der Waals surface area contributed by atoms with Gasteiger partial charge in [-0.05, 0) is 48.2 Å². The predicted molar refractivity (Wildman–Crippen MR) is 77.1 cm³/mol. The van der Waals surface area contributed by atoms with E-state index in [4.69, 9.17) is 0 Å². The van der Waals surface area contributed by atoms with Crippen molar-refractivity contribution in [3.05, 3.63) is 35.9 Å². The van der Waals surface area contributed by atoms with E-state index in [-0.39, 0.29) is 5.75 Å². The molecule has 1 fully saturated rings. The number of piperidine rings is 1. The Morgan fingerprint density at radius 2 is 1.84 bits per heavy atom. The molecule has 98 valence electrons. The standard InChI is InChI=1S/C16H17NO2/c18-11-15-14-6-5-13(17-8-2-1-3-9-17)10-12(14)4-7-16(15)19/h4-7,10-11,19H,1-3,8-9H2. The summed E-state index contributed by atoms with van der Waals surface area (Å²) in [7, 11) is 0. The van der Waals surface area contributed by atoms with Crippen LogP contribution in [0.3, 0.4) is 0 Å². The number of nitrogens with zero attached hydrogens (tertiary/aromatic N) is 1. The maximum atomic E-state index is 11.1. The third kappa shape index (κ3) is 2.16. The molecule has 3 rings (SSSR count). The van der Waals surface area contributed by atoms with Gasteiger partial charge in [0, 0.05) is 18.8 Å². The van der Waals surface area contributed by atoms with E-state index in [1.54, 1.807) is 6.07 Å². The summed E-state index contributed by atoms with van der Waals surface area (Å²) in [4.78, 5) is 13.4. The summed E-state index contributed by atoms with van der Waals surface area (Å²) in [5.74, 6) is 0.0493. The van der Waals surface area contributed by atoms with Gasteiger partial charge in [-0.2, -0.15) is 0 Å². The van der Waals surface area contributed by atoms with Gasteiger partial charge < -0.3 is 10.0 Å². The molecule has 0 atom stereocenters. The molecule has 0 aliphatic carbocycles. The molecule has 1 saturated heterocycles. The molecule has 0 aromatic heterocycles. The van der Waals surface area contributed by atoms with Crippen LogP contribution >= 0.6 is 0 Å². The van der Waals surface area contributed by atoms with E-state index >= 15 is 0 Å². The number of hydrogen-bond donors (Lipinski definition) is 1. The van der Waals surface area contributed by atoms with Gasteiger partial charge >= 0.3 is 0 Å². The lowest BCUT2D eigenvalue weighted by Crippen LogP contribution is -2.29. The molecule has 2 aromatic carbocycles. The van der Waals surface area contributed by atoms with Gasteiger partial charge in [-0.3, -0.25) is 4.79 Å². The maximum Gasteiger partial charge on any atom is 0.154 e. The highest BCUT2D eigenvalue weighted by molar-refractivity contribution is 6.01. The minimum Gasteiger partial charge on any atom is -0.507 e. The van der Waals surface area contributed by atoms with Gasteiger partial charge in [0.05, 0.1) is 5.56 Å². The summed E-state index contributed by atoms with van der Waals surface area (Å²) in [6.07, 6.45) is 4.52. The summed E-state index contributed by atoms with van der Waals surface area (Å²) in [6.45, 7) is 2.20. The zero-order valence-corrected chi connectivity index (χ0v) is 10.8. The lowest BCUT2D eigenvalue weighted by molar-refractivity contribution is 0.112. The summed E-state index contributed by atoms with van der Waals surface area (Å²) >= 11 is 0. The highest BCUT2D eigenvalue weighted by atomic mass is 16.3. The van der Waals surface area contributed by atoms with Crippen molar-refractivity contribution in [2.24, 2.45) is 0 Å². The average Bonchev–Trinajstić information content (AvgIpc) is 2.47. The number of benzene rings is 2. The first-order chi connectivity index (χ1) is 9.29. The number of phenolic OH excluding ortho intramolecular Hbond substituents is 1. The Balaban J connectivity index is 2.06. The molecule has 0 saturated carbocycles. The third-order valence-electron chi connectivity index (χ3n) is 3.86. The SMILES string of the molecule is O=Cc1c(O)ccc2cc(N3CCCCC3)ccc12. The normalized spacial score (nSPS) is 15.7. The smallest absolute Gasteiger partial charge is 0.154 e. The van der Waals surface area contributed by atoms with Crippen LogP contribution in [0.4, 0.5) is 5.69 Å². The quantitative estimate of drug-likeness (QED) is 0.837. The largest absolute Gasteiger partial charge is 0.507 e. The molecular formula is C16H17NO2. The van der Waals surface area contributed by atoms with E-state index in [9.17, 15) is 9.90 Å². The Morgan fingerprint density at radius 3 is 2.58 bits per heavy atom. The van der Waals surface area contributed by atoms with Crippen molar-refractivity contribution < 1.29 is 9.90 Å². The lowest BCUT2D eigenvalue weighted by Gasteiger charge is -2.29. The first-order valence-electron chi connectivity index (χ1n) is 6.75. The van der Waals surface area contributed by atoms with Gasteiger partial charge in [0.2, 0.25) is 0 Å². The zero-order chi connectivity index (χ0) is 13.2. The van der Waals surface area contributed by atoms with E-state index < -0.39 is 0 Å². The monoisotopic (exact) mass is 255 g/mol. The van der Waals surface area contributed by atoms with E-state index in [1.807, 2.05) is 18.2 Å². The van der Waals surface area contributed by atoms with Gasteiger partial charge in [-0.1, -0.05) is 12.1 Å². The number of aldehydes is 1. The molecular weight excluding hydrogens is 238 g/mol. The van der Waals surface area contributed by atoms with Crippen molar-refractivity contribution in [1.82, 2.24) is 0 Å². The number of fused-ring (bicyclic) bond motifs is 1. The maximum absolute atomic E-state index is 11.1. The predicted octanol–water partition coefficient (Wildman–Crippen LogP) is 3.35. The van der Waals surface area contributed by atoms with Crippen LogP contribution in [-0.2, 0) is 0 Å². The summed E-state index contributed by atoms with van der Waals surface area (Å²) in [5, 5.41) is 11.5. The van der Waals surface area contributed by atoms with Crippen molar-refractivity contribution in [3.8, 4) is 5.75 Å². The Hall–Kier alpha value is -2.03. The summed E-state index contributed by atoms with van der Waals surface area (Å²) in [5.41, 5.74) is 1.58. The fourth-order valence-corrected chi connectivity index (χ4v) is 2.80. The molecule has 19 heavy (non-hydrogen) atoms. The first kappa shape index (κ1) is 12.0. The number of carbonyl (C=O) groups excluding carboxylic acids is 1. The molecule has 0 amide bonds. The van der Waals surface area contributed by atoms with Crippen LogP contribution < -0.4 is 4.90 Å². The number of anilines is 1. The van der Waals surface area contributed by atoms with Crippen LogP contribution in [0.2, 0.25) is 0 Å². The minimum atomic E-state index is 0.0493. The number of aromatic hydroxyl groups is 1. The van der Waals surface area contributed by atoms with Crippen molar-refractivity contribution in [1.29, 1.82) is 0 Å². The number of rotatable bonds is 2. The number of hydrogen-bond acceptors (Lipinski definition) is 3. The second-order valence-corrected chi connectivity index (χ2v) is 5.07. The second-order valence-electron chi connectivity index (χ2n) is 5.07. The Kier molecular flexibility index (Phi) is 3.11. The zero-order valence-electron chi connectivity index (χ0n) is 10.8. The first-order valence-corrected chi connectivity index (χ1v) is 6.75. The number of carbonyl (C=O) groups is 1. The molecule has 1 N–H and O–H groups in total. The van der Waals surface area contributed by atoms with Crippen molar-refractivity contribution in [2.75, 3.05) is 18.0 Å². The van der Waals surface area contributed by atoms with Gasteiger partial charge in [0.15, 0.2) is 6.29 Å². The van der Waals surface area contributed by atoms with Gasteiger partial charge in [-0.15, -0.1) is 0 Å². The van der Waals surface area contributed by atoms with Gasteiger partial charge in [-0.25, -0.2) is 0 Å². The van der Waals surface area contributed by atoms with E-state index in [0.717, 1.165) is 30.1 Å². The third-order valence-corrected chi connectivity index (χ3v) is 3.86. The molecule has 1 aliphatic rings. The van der Waals surface area contributed by atoms with Crippen molar-refractivity contribution in [2.45, 2.75) is 19.3 Å². The Morgan fingerprint density at radius 1 is 1.05 bits per heavy atom. The minimum absolute atomic E-state index is 0.0493. The topological polar surface area (TPSA) is 40.5 Å².